The standard InChI is InChI=1S/C27H31ClF3N3O4S/c1-13-7-21(39-4)18(25(36)33-13)10-32-24(35)17-9-20(28)23-22(14(17)2)37-26(3,38-23)19-8-16-6-5-15(19)11-34(16)12-27(29,30)31/h7,9,15-16,19H,5-6,8,10-12H2,1-4H3,(H,32,35)(H,33,36). The van der Waals surface area contributed by atoms with Gasteiger partial charge in [-0.05, 0) is 57.4 Å². The highest BCUT2D eigenvalue weighted by molar-refractivity contribution is 7.98. The summed E-state index contributed by atoms with van der Waals surface area (Å²) in [5.41, 5.74) is 1.78. The molecule has 0 spiro atoms. The molecule has 2 bridgehead atoms. The number of hydrogen-bond donors (Lipinski definition) is 2. The van der Waals surface area contributed by atoms with E-state index >= 15 is 0 Å². The predicted molar refractivity (Wildman–Crippen MR) is 143 cm³/mol. The van der Waals surface area contributed by atoms with Gasteiger partial charge in [0.15, 0.2) is 11.5 Å². The first-order chi connectivity index (χ1) is 18.3. The van der Waals surface area contributed by atoms with E-state index in [9.17, 15) is 22.8 Å². The van der Waals surface area contributed by atoms with Crippen molar-refractivity contribution < 1.29 is 27.4 Å². The van der Waals surface area contributed by atoms with E-state index in [-0.39, 0.29) is 35.0 Å². The van der Waals surface area contributed by atoms with Gasteiger partial charge in [-0.1, -0.05) is 11.6 Å². The second-order valence-electron chi connectivity index (χ2n) is 10.8. The van der Waals surface area contributed by atoms with Crippen LogP contribution in [-0.4, -0.2) is 53.1 Å². The maximum Gasteiger partial charge on any atom is 0.401 e. The first-order valence-corrected chi connectivity index (χ1v) is 14.5. The van der Waals surface area contributed by atoms with Crippen LogP contribution in [0.4, 0.5) is 13.2 Å². The van der Waals surface area contributed by atoms with Crippen molar-refractivity contribution in [2.24, 2.45) is 11.8 Å². The molecule has 0 radical (unpaired) electrons. The number of benzene rings is 1. The normalized spacial score (nSPS) is 26.2. The number of amides is 1. The maximum atomic E-state index is 13.2. The van der Waals surface area contributed by atoms with Crippen molar-refractivity contribution >= 4 is 29.3 Å². The lowest BCUT2D eigenvalue weighted by molar-refractivity contribution is -0.193. The molecule has 1 aliphatic carbocycles. The summed E-state index contributed by atoms with van der Waals surface area (Å²) in [4.78, 5) is 30.7. The zero-order chi connectivity index (χ0) is 28.3. The van der Waals surface area contributed by atoms with E-state index in [0.29, 0.717) is 47.6 Å². The van der Waals surface area contributed by atoms with E-state index in [4.69, 9.17) is 21.1 Å². The topological polar surface area (TPSA) is 83.7 Å². The number of aromatic nitrogens is 1. The van der Waals surface area contributed by atoms with Gasteiger partial charge in [0.05, 0.1) is 11.6 Å². The number of H-pyrrole nitrogens is 1. The van der Waals surface area contributed by atoms with Gasteiger partial charge in [-0.2, -0.15) is 13.2 Å². The summed E-state index contributed by atoms with van der Waals surface area (Å²) in [5.74, 6) is -0.970. The van der Waals surface area contributed by atoms with Crippen molar-refractivity contribution in [1.82, 2.24) is 15.2 Å². The molecule has 3 fully saturated rings. The van der Waals surface area contributed by atoms with Gasteiger partial charge in [-0.3, -0.25) is 14.5 Å². The van der Waals surface area contributed by atoms with Gasteiger partial charge in [0, 0.05) is 59.3 Å². The number of aromatic amines is 1. The smallest absolute Gasteiger partial charge is 0.401 e. The van der Waals surface area contributed by atoms with E-state index in [1.807, 2.05) is 12.3 Å². The molecule has 1 saturated carbocycles. The lowest BCUT2D eigenvalue weighted by Gasteiger charge is -2.52. The van der Waals surface area contributed by atoms with E-state index in [1.165, 1.54) is 22.7 Å². The van der Waals surface area contributed by atoms with E-state index in [1.54, 1.807) is 20.8 Å². The minimum atomic E-state index is -4.24. The molecule has 7 nitrogen and oxygen atoms in total. The Morgan fingerprint density at radius 3 is 2.62 bits per heavy atom. The largest absolute Gasteiger partial charge is 0.448 e. The van der Waals surface area contributed by atoms with Crippen molar-refractivity contribution in [3.63, 3.8) is 0 Å². The molecule has 3 aliphatic heterocycles. The van der Waals surface area contributed by atoms with Gasteiger partial charge in [0.25, 0.3) is 17.3 Å². The number of nitrogens with one attached hydrogen (secondary N) is 2. The number of alkyl halides is 3. The number of rotatable bonds is 6. The molecule has 4 aliphatic rings. The summed E-state index contributed by atoms with van der Waals surface area (Å²) >= 11 is 7.99. The monoisotopic (exact) mass is 585 g/mol. The molecule has 2 saturated heterocycles. The second-order valence-corrected chi connectivity index (χ2v) is 12.1. The van der Waals surface area contributed by atoms with Crippen LogP contribution in [0.3, 0.4) is 0 Å². The van der Waals surface area contributed by atoms with Crippen LogP contribution in [0.2, 0.25) is 5.02 Å². The number of ether oxygens (including phenoxy) is 2. The zero-order valence-electron chi connectivity index (χ0n) is 22.1. The molecule has 4 heterocycles. The Kier molecular flexibility index (Phi) is 7.39. The molecule has 4 unspecified atom stereocenters. The molecule has 1 aromatic heterocycles. The van der Waals surface area contributed by atoms with E-state index in [0.717, 1.165) is 17.0 Å². The Labute approximate surface area is 233 Å². The van der Waals surface area contributed by atoms with Crippen molar-refractivity contribution in [2.75, 3.05) is 19.3 Å². The van der Waals surface area contributed by atoms with Crippen LogP contribution in [0.1, 0.15) is 53.4 Å². The lowest BCUT2D eigenvalue weighted by atomic mass is 9.68. The van der Waals surface area contributed by atoms with Gasteiger partial charge in [-0.15, -0.1) is 11.8 Å². The number of halogens is 4. The number of thioether (sulfide) groups is 1. The van der Waals surface area contributed by atoms with Crippen LogP contribution in [0.15, 0.2) is 21.8 Å². The Bertz CT molecular complexity index is 1370. The average molecular weight is 586 g/mol. The Morgan fingerprint density at radius 2 is 1.97 bits per heavy atom. The molecular weight excluding hydrogens is 555 g/mol. The summed E-state index contributed by atoms with van der Waals surface area (Å²) in [6, 6.07) is 3.19. The maximum absolute atomic E-state index is 13.2. The SMILES string of the molecule is CSc1cc(C)[nH]c(=O)c1CNC(=O)c1cc(Cl)c2c(c1C)OC(C)(C1CC3CCC1CN3CC(F)(F)F)O2. The molecule has 2 aromatic rings. The summed E-state index contributed by atoms with van der Waals surface area (Å²) in [5, 5.41) is 3.02. The number of carbonyl (C=O) groups excluding carboxylic acids is 1. The first-order valence-electron chi connectivity index (χ1n) is 12.9. The highest BCUT2D eigenvalue weighted by atomic mass is 35.5. The number of piperidine rings is 2. The number of hydrogen-bond acceptors (Lipinski definition) is 6. The fraction of sp³-hybridized carbons (Fsp3) is 0.556. The van der Waals surface area contributed by atoms with Crippen molar-refractivity contribution in [3.8, 4) is 11.5 Å². The summed E-state index contributed by atoms with van der Waals surface area (Å²) in [7, 11) is 0. The van der Waals surface area contributed by atoms with Gasteiger partial charge in [0.2, 0.25) is 0 Å². The highest BCUT2D eigenvalue weighted by Gasteiger charge is 2.55. The average Bonchev–Trinajstić information content (AvgIpc) is 3.24. The van der Waals surface area contributed by atoms with Crippen LogP contribution in [0.25, 0.3) is 0 Å². The third-order valence-corrected chi connectivity index (χ3v) is 9.26. The van der Waals surface area contributed by atoms with Crippen LogP contribution in [0.5, 0.6) is 11.5 Å². The number of pyridine rings is 1. The second kappa shape index (κ2) is 10.2. The van der Waals surface area contributed by atoms with Crippen LogP contribution < -0.4 is 20.3 Å². The van der Waals surface area contributed by atoms with Crippen molar-refractivity contribution in [2.45, 2.75) is 69.5 Å². The quantitative estimate of drug-likeness (QED) is 0.439. The number of carbonyl (C=O) groups is 1. The number of fused-ring (bicyclic) bond motifs is 4. The lowest BCUT2D eigenvalue weighted by Crippen LogP contribution is -2.60. The summed E-state index contributed by atoms with van der Waals surface area (Å²) in [6.07, 6.45) is -0.327. The summed E-state index contributed by atoms with van der Waals surface area (Å²) in [6.45, 7) is 4.80. The Morgan fingerprint density at radius 1 is 1.26 bits per heavy atom. The fourth-order valence-electron chi connectivity index (χ4n) is 6.31. The highest BCUT2D eigenvalue weighted by Crippen LogP contribution is 2.54. The zero-order valence-corrected chi connectivity index (χ0v) is 23.7. The predicted octanol–water partition coefficient (Wildman–Crippen LogP) is 5.45. The third kappa shape index (κ3) is 5.37. The fourth-order valence-corrected chi connectivity index (χ4v) is 7.25. The van der Waals surface area contributed by atoms with Gasteiger partial charge >= 0.3 is 6.18 Å². The third-order valence-electron chi connectivity index (χ3n) is 8.18. The number of aryl methyl sites for hydroxylation is 1. The molecule has 39 heavy (non-hydrogen) atoms. The van der Waals surface area contributed by atoms with E-state index < -0.39 is 24.4 Å². The molecule has 12 heteroatoms. The van der Waals surface area contributed by atoms with Gasteiger partial charge in [-0.25, -0.2) is 0 Å². The molecular formula is C27H31ClF3N3O4S. The molecule has 4 atom stereocenters. The van der Waals surface area contributed by atoms with Crippen molar-refractivity contribution in [1.29, 1.82) is 0 Å². The molecule has 6 rings (SSSR count). The van der Waals surface area contributed by atoms with Crippen LogP contribution >= 0.6 is 23.4 Å². The molecule has 212 valence electrons. The van der Waals surface area contributed by atoms with E-state index in [2.05, 4.69) is 10.3 Å². The van der Waals surface area contributed by atoms with Crippen LogP contribution in [0, 0.1) is 25.7 Å². The van der Waals surface area contributed by atoms with Gasteiger partial charge in [0.1, 0.15) is 0 Å². The van der Waals surface area contributed by atoms with Crippen molar-refractivity contribution in [3.05, 3.63) is 49.9 Å². The summed E-state index contributed by atoms with van der Waals surface area (Å²) < 4.78 is 51.9. The minimum Gasteiger partial charge on any atom is -0.448 e. The Balaban J connectivity index is 1.34. The molecule has 1 amide bonds. The van der Waals surface area contributed by atoms with Crippen LogP contribution in [-0.2, 0) is 6.54 Å². The van der Waals surface area contributed by atoms with Gasteiger partial charge < -0.3 is 19.8 Å². The molecule has 2 N–H and O–H groups in total. The first kappa shape index (κ1) is 28.2. The molecule has 1 aromatic carbocycles. The Hall–Kier alpha value is -2.37. The minimum absolute atomic E-state index is 0.0169. The number of nitrogens with zero attached hydrogens (tertiary/aromatic N) is 1.